The molecule has 0 spiro atoms. The van der Waals surface area contributed by atoms with Gasteiger partial charge in [-0.2, -0.15) is 0 Å². The number of fused-ring (bicyclic) bond motifs is 1. The number of methoxy groups -OCH3 is 1. The molecule has 416 valence electrons. The normalized spacial score (nSPS) is 20.7. The lowest BCUT2D eigenvalue weighted by Gasteiger charge is -2.35. The maximum absolute atomic E-state index is 14.7. The molecule has 3 saturated heterocycles. The minimum absolute atomic E-state index is 0.0392. The average molecular weight is 1050 g/mol. The molecule has 2 aromatic rings. The van der Waals surface area contributed by atoms with Crippen LogP contribution in [0.5, 0.6) is 0 Å². The Balaban J connectivity index is 1.27. The second-order valence-electron chi connectivity index (χ2n) is 22.5. The van der Waals surface area contributed by atoms with Crippen molar-refractivity contribution in [3.05, 3.63) is 36.0 Å². The molecule has 0 aliphatic carbocycles. The number of benzene rings is 1. The highest BCUT2D eigenvalue weighted by molar-refractivity contribution is 5.98. The van der Waals surface area contributed by atoms with Crippen LogP contribution in [0.15, 0.2) is 30.5 Å². The van der Waals surface area contributed by atoms with Crippen molar-refractivity contribution >= 4 is 64.3 Å². The van der Waals surface area contributed by atoms with Crippen molar-refractivity contribution in [3.63, 3.8) is 0 Å². The van der Waals surface area contributed by atoms with Gasteiger partial charge in [0.1, 0.15) is 53.9 Å². The van der Waals surface area contributed by atoms with Crippen LogP contribution in [0.1, 0.15) is 140 Å². The predicted octanol–water partition coefficient (Wildman–Crippen LogP) is 4.48. The van der Waals surface area contributed by atoms with Crippen LogP contribution >= 0.6 is 0 Å². The minimum atomic E-state index is -1.06. The number of nitrogens with one attached hydrogen (secondary N) is 6. The van der Waals surface area contributed by atoms with Gasteiger partial charge >= 0.3 is 12.1 Å². The molecular weight excluding hydrogens is 963 g/mol. The van der Waals surface area contributed by atoms with Crippen molar-refractivity contribution < 1.29 is 52.6 Å². The molecule has 1 aromatic carbocycles. The van der Waals surface area contributed by atoms with Crippen LogP contribution in [0.4, 0.5) is 4.79 Å². The third-order valence-electron chi connectivity index (χ3n) is 14.9. The molecule has 20 nitrogen and oxygen atoms in total. The standard InChI is InChI=1S/C55H85N9O11/c1-13-33(7)44(51(70)62-25-17-22-40(62)47(66)57-38(28-31(3)4)46(65)58-39(53(72)74-12)29-35-30-56-37-21-16-15-20-36(35)37)60-48(67)41-23-18-26-63(41)52(71)45(34(8)14-2)61-50(69)43(32(5)6)59-49(68)42-24-19-27-64(42)54(73)75-55(9,10)11/h15-16,20-21,30-34,38-45,56H,13-14,17-19,22-29H2,1-12H3,(H,57,66)(H,58,65)(H,59,68)(H,60,67)(H,61,69)/t33-,34-,38-,39-,40-,41-,42-,43-,44-,45-/m0/s1. The molecule has 1 aromatic heterocycles. The summed E-state index contributed by atoms with van der Waals surface area (Å²) in [5.41, 5.74) is 0.912. The van der Waals surface area contributed by atoms with Gasteiger partial charge in [-0.3, -0.25) is 38.5 Å². The number of rotatable bonds is 22. The maximum atomic E-state index is 14.7. The van der Waals surface area contributed by atoms with Gasteiger partial charge < -0.3 is 50.8 Å². The SMILES string of the molecule is CC[C@H](C)[C@H](NC(=O)[C@@H](NC(=O)[C@@H]1CCCN1C(=O)OC(C)(C)C)C(C)C)C(=O)N1CCC[C@H]1C(=O)N[C@H](C(=O)N1CCC[C@H]1C(=O)N[C@@H](CC(C)C)C(=O)N[C@@H](Cc1c[nH]c2ccccc12)C(=O)OC)[C@@H](C)CC. The number of H-pyrrole nitrogens is 1. The molecule has 6 N–H and O–H groups in total. The number of hydrogen-bond acceptors (Lipinski definition) is 11. The largest absolute Gasteiger partial charge is 0.467 e. The molecule has 75 heavy (non-hydrogen) atoms. The average Bonchev–Trinajstić information content (AvgIpc) is 4.22. The Morgan fingerprint density at radius 3 is 1.64 bits per heavy atom. The first-order valence-corrected chi connectivity index (χ1v) is 27.2. The van der Waals surface area contributed by atoms with Gasteiger partial charge in [-0.05, 0) is 101 Å². The first-order chi connectivity index (χ1) is 35.4. The topological polar surface area (TPSA) is 258 Å². The Kier molecular flexibility index (Phi) is 21.1. The highest BCUT2D eigenvalue weighted by Crippen LogP contribution is 2.27. The van der Waals surface area contributed by atoms with Crippen LogP contribution in [0.3, 0.4) is 0 Å². The van der Waals surface area contributed by atoms with Gasteiger partial charge in [0.2, 0.25) is 41.4 Å². The molecule has 0 unspecified atom stereocenters. The Morgan fingerprint density at radius 1 is 0.640 bits per heavy atom. The van der Waals surface area contributed by atoms with Crippen molar-refractivity contribution in [3.8, 4) is 0 Å². The van der Waals surface area contributed by atoms with Crippen LogP contribution in [0, 0.1) is 23.7 Å². The zero-order chi connectivity index (χ0) is 55.5. The van der Waals surface area contributed by atoms with Gasteiger partial charge in [-0.15, -0.1) is 0 Å². The maximum Gasteiger partial charge on any atom is 0.410 e. The third kappa shape index (κ3) is 15.2. The Bertz CT molecular complexity index is 2360. The molecule has 3 aliphatic rings. The third-order valence-corrected chi connectivity index (χ3v) is 14.9. The van der Waals surface area contributed by atoms with E-state index in [0.29, 0.717) is 57.9 Å². The van der Waals surface area contributed by atoms with Gasteiger partial charge in [0.05, 0.1) is 7.11 Å². The Hall–Kier alpha value is -6.21. The van der Waals surface area contributed by atoms with E-state index in [9.17, 15) is 43.2 Å². The molecule has 20 heteroatoms. The van der Waals surface area contributed by atoms with Crippen molar-refractivity contribution in [2.45, 2.75) is 194 Å². The molecule has 5 rings (SSSR count). The van der Waals surface area contributed by atoms with Gasteiger partial charge in [0, 0.05) is 43.2 Å². The minimum Gasteiger partial charge on any atom is -0.467 e. The van der Waals surface area contributed by atoms with E-state index in [0.717, 1.165) is 16.5 Å². The second-order valence-corrected chi connectivity index (χ2v) is 22.5. The summed E-state index contributed by atoms with van der Waals surface area (Å²) in [4.78, 5) is 133. The van der Waals surface area contributed by atoms with Gasteiger partial charge in [-0.1, -0.05) is 86.4 Å². The zero-order valence-corrected chi connectivity index (χ0v) is 46.3. The number of carbonyl (C=O) groups excluding carboxylic acids is 9. The quantitative estimate of drug-likeness (QED) is 0.0897. The summed E-state index contributed by atoms with van der Waals surface area (Å²) in [7, 11) is 1.25. The van der Waals surface area contributed by atoms with E-state index in [1.54, 1.807) is 40.8 Å². The molecule has 10 atom stereocenters. The van der Waals surface area contributed by atoms with E-state index in [1.807, 2.05) is 65.8 Å². The molecule has 3 aliphatic heterocycles. The fourth-order valence-electron chi connectivity index (χ4n) is 10.3. The van der Waals surface area contributed by atoms with E-state index in [4.69, 9.17) is 9.47 Å². The van der Waals surface area contributed by atoms with E-state index < -0.39 is 113 Å². The lowest BCUT2D eigenvalue weighted by atomic mass is 9.95. The number of para-hydroxylation sites is 1. The molecule has 8 amide bonds. The summed E-state index contributed by atoms with van der Waals surface area (Å²) in [5.74, 6) is -5.46. The summed E-state index contributed by atoms with van der Waals surface area (Å²) in [6.45, 7) is 20.9. The van der Waals surface area contributed by atoms with Crippen molar-refractivity contribution in [1.29, 1.82) is 0 Å². The van der Waals surface area contributed by atoms with Crippen LogP contribution in [0.25, 0.3) is 10.9 Å². The number of amides is 8. The monoisotopic (exact) mass is 1050 g/mol. The highest BCUT2D eigenvalue weighted by atomic mass is 16.6. The lowest BCUT2D eigenvalue weighted by molar-refractivity contribution is -0.146. The number of esters is 1. The molecule has 0 saturated carbocycles. The van der Waals surface area contributed by atoms with Crippen LogP contribution in [-0.4, -0.2) is 154 Å². The van der Waals surface area contributed by atoms with Gasteiger partial charge in [0.25, 0.3) is 0 Å². The molecule has 3 fully saturated rings. The fraction of sp³-hybridized carbons (Fsp3) is 0.691. The summed E-state index contributed by atoms with van der Waals surface area (Å²) >= 11 is 0. The van der Waals surface area contributed by atoms with Crippen molar-refractivity contribution in [1.82, 2.24) is 46.3 Å². The number of aromatic nitrogens is 1. The molecular formula is C55H85N9O11. The van der Waals surface area contributed by atoms with E-state index in [1.165, 1.54) is 21.8 Å². The van der Waals surface area contributed by atoms with Crippen LogP contribution in [-0.2, 0) is 54.3 Å². The fourth-order valence-corrected chi connectivity index (χ4v) is 10.3. The van der Waals surface area contributed by atoms with Crippen LogP contribution in [0.2, 0.25) is 0 Å². The zero-order valence-electron chi connectivity index (χ0n) is 46.3. The molecule has 4 heterocycles. The smallest absolute Gasteiger partial charge is 0.410 e. The second kappa shape index (κ2) is 26.5. The number of carbonyl (C=O) groups is 9. The summed E-state index contributed by atoms with van der Waals surface area (Å²) in [6.07, 6.45) is 5.18. The van der Waals surface area contributed by atoms with E-state index in [-0.39, 0.29) is 43.7 Å². The van der Waals surface area contributed by atoms with E-state index >= 15 is 0 Å². The number of ether oxygens (including phenoxy) is 2. The number of hydrogen-bond donors (Lipinski definition) is 6. The summed E-state index contributed by atoms with van der Waals surface area (Å²) in [6, 6.07) is -0.395. The Morgan fingerprint density at radius 2 is 1.13 bits per heavy atom. The molecule has 0 radical (unpaired) electrons. The van der Waals surface area contributed by atoms with Gasteiger partial charge in [-0.25, -0.2) is 9.59 Å². The number of nitrogens with zero attached hydrogens (tertiary/aromatic N) is 3. The van der Waals surface area contributed by atoms with Gasteiger partial charge in [0.15, 0.2) is 0 Å². The first-order valence-electron chi connectivity index (χ1n) is 27.2. The number of aromatic amines is 1. The predicted molar refractivity (Wildman–Crippen MR) is 282 cm³/mol. The van der Waals surface area contributed by atoms with Crippen molar-refractivity contribution in [2.75, 3.05) is 26.7 Å². The lowest BCUT2D eigenvalue weighted by Crippen LogP contribution is -2.61. The highest BCUT2D eigenvalue weighted by Gasteiger charge is 2.45. The summed E-state index contributed by atoms with van der Waals surface area (Å²) in [5, 5.41) is 15.3. The summed E-state index contributed by atoms with van der Waals surface area (Å²) < 4.78 is 10.6. The first kappa shape index (κ1) is 59.7. The molecule has 0 bridgehead atoms. The number of likely N-dealkylation sites (tertiary alicyclic amines) is 3. The van der Waals surface area contributed by atoms with Crippen molar-refractivity contribution in [2.24, 2.45) is 23.7 Å². The Labute approximate surface area is 442 Å². The van der Waals surface area contributed by atoms with E-state index in [2.05, 4.69) is 31.6 Å². The van der Waals surface area contributed by atoms with Crippen LogP contribution < -0.4 is 26.6 Å².